The maximum absolute atomic E-state index is 5.72. The van der Waals surface area contributed by atoms with Gasteiger partial charge in [-0.3, -0.25) is 0 Å². The van der Waals surface area contributed by atoms with Gasteiger partial charge in [-0.05, 0) is 36.4 Å². The molecule has 1 atom stereocenters. The first kappa shape index (κ1) is 24.4. The van der Waals surface area contributed by atoms with Gasteiger partial charge in [-0.25, -0.2) is 0 Å². The second-order valence-corrected chi connectivity index (χ2v) is 8.66. The predicted molar refractivity (Wildman–Crippen MR) is 118 cm³/mol. The highest BCUT2D eigenvalue weighted by Crippen LogP contribution is 2.54. The van der Waals surface area contributed by atoms with Gasteiger partial charge in [-0.1, -0.05) is 54.6 Å². The average Bonchev–Trinajstić information content (AvgIpc) is 2.62. The van der Waals surface area contributed by atoms with Gasteiger partial charge < -0.3 is 21.7 Å². The first-order valence-electron chi connectivity index (χ1n) is 7.42. The molecule has 134 valence electrons. The van der Waals surface area contributed by atoms with Gasteiger partial charge in [0.05, 0.1) is 0 Å². The molecule has 3 aromatic rings. The molecule has 0 saturated heterocycles. The van der Waals surface area contributed by atoms with Crippen LogP contribution in [0, 0.1) is 0 Å². The Kier molecular flexibility index (Phi) is 11.7. The number of benzene rings is 3. The maximum atomic E-state index is 5.72. The van der Waals surface area contributed by atoms with Crippen LogP contribution in [0.2, 0.25) is 0 Å². The summed E-state index contributed by atoms with van der Waals surface area (Å²) in [4.78, 5) is 0. The highest BCUT2D eigenvalue weighted by atomic mass is 79.9. The summed E-state index contributed by atoms with van der Waals surface area (Å²) in [6, 6.07) is 32.3. The van der Waals surface area contributed by atoms with Gasteiger partial charge in [0.1, 0.15) is 23.2 Å². The fraction of sp³-hybridized carbons (Fsp3) is 0.100. The van der Waals surface area contributed by atoms with Crippen LogP contribution in [0.25, 0.3) is 0 Å². The van der Waals surface area contributed by atoms with E-state index in [9.17, 15) is 0 Å². The van der Waals surface area contributed by atoms with E-state index in [0.717, 1.165) is 0 Å². The topological polar surface area (TPSA) is 9.23 Å². The lowest BCUT2D eigenvalue weighted by atomic mass is 10.4. The Morgan fingerprint density at radius 1 is 0.640 bits per heavy atom. The smallest absolute Gasteiger partial charge is 0.170 e. The molecule has 3 aromatic carbocycles. The van der Waals surface area contributed by atoms with E-state index in [1.54, 1.807) is 7.11 Å². The lowest BCUT2D eigenvalue weighted by Crippen LogP contribution is -3.00. The first-order chi connectivity index (χ1) is 10.9. The molecular formula is C20H24Br2OP2. The van der Waals surface area contributed by atoms with Crippen LogP contribution in [0.15, 0.2) is 91.0 Å². The molecule has 1 unspecified atom stereocenters. The van der Waals surface area contributed by atoms with Crippen molar-refractivity contribution in [3.63, 3.8) is 0 Å². The molecule has 0 aromatic heterocycles. The Morgan fingerprint density at radius 3 is 1.16 bits per heavy atom. The predicted octanol–water partition coefficient (Wildman–Crippen LogP) is 1.22. The molecule has 0 aliphatic heterocycles. The van der Waals surface area contributed by atoms with Crippen molar-refractivity contribution in [2.45, 2.75) is 0 Å². The molecule has 25 heavy (non-hydrogen) atoms. The zero-order chi connectivity index (χ0) is 15.3. The van der Waals surface area contributed by atoms with E-state index in [1.165, 1.54) is 15.9 Å². The number of methoxy groups -OCH3 is 1. The molecular weight excluding hydrogens is 478 g/mol. The Hall–Kier alpha value is -0.560. The van der Waals surface area contributed by atoms with Crippen LogP contribution in [0.1, 0.15) is 0 Å². The highest BCUT2D eigenvalue weighted by molar-refractivity contribution is 8.93. The van der Waals surface area contributed by atoms with Gasteiger partial charge in [0, 0.05) is 7.11 Å². The van der Waals surface area contributed by atoms with E-state index in [0.29, 0.717) is 6.35 Å². The van der Waals surface area contributed by atoms with Crippen LogP contribution in [-0.4, -0.2) is 13.5 Å². The molecule has 0 aliphatic carbocycles. The van der Waals surface area contributed by atoms with Gasteiger partial charge in [-0.2, -0.15) is 9.90 Å². The summed E-state index contributed by atoms with van der Waals surface area (Å²) in [5, 5.41) is 4.07. The first-order valence-corrected chi connectivity index (χ1v) is 9.39. The molecule has 0 radical (unpaired) electrons. The molecule has 0 amide bonds. The highest BCUT2D eigenvalue weighted by Gasteiger charge is 2.45. The van der Waals surface area contributed by atoms with E-state index < -0.39 is 7.26 Å². The molecule has 0 N–H and O–H groups in total. The molecule has 0 bridgehead atoms. The van der Waals surface area contributed by atoms with Gasteiger partial charge in [0.15, 0.2) is 6.35 Å². The van der Waals surface area contributed by atoms with Gasteiger partial charge in [0.2, 0.25) is 0 Å². The number of ether oxygens (including phenoxy) is 1. The molecule has 0 saturated carbocycles. The fourth-order valence-electron chi connectivity index (χ4n) is 2.91. The summed E-state index contributed by atoms with van der Waals surface area (Å²) in [5.74, 6) is 0. The quantitative estimate of drug-likeness (QED) is 0.478. The lowest BCUT2D eigenvalue weighted by molar-refractivity contribution is -0.00000475. The minimum atomic E-state index is -1.78. The molecule has 0 heterocycles. The van der Waals surface area contributed by atoms with Crippen LogP contribution in [-0.2, 0) is 4.74 Å². The van der Waals surface area contributed by atoms with Crippen molar-refractivity contribution in [3.05, 3.63) is 91.0 Å². The number of hydrogen-bond donors (Lipinski definition) is 0. The second kappa shape index (κ2) is 11.9. The molecule has 3 rings (SSSR count). The van der Waals surface area contributed by atoms with E-state index >= 15 is 0 Å². The Balaban J connectivity index is 0.00000192. The summed E-state index contributed by atoms with van der Waals surface area (Å²) in [6.45, 7) is 0. The van der Waals surface area contributed by atoms with E-state index in [1.807, 2.05) is 0 Å². The second-order valence-electron chi connectivity index (χ2n) is 5.23. The monoisotopic (exact) mass is 500 g/mol. The van der Waals surface area contributed by atoms with Crippen LogP contribution in [0.3, 0.4) is 0 Å². The Labute approximate surface area is 175 Å². The van der Waals surface area contributed by atoms with Crippen molar-refractivity contribution in [2.24, 2.45) is 0 Å². The largest absolute Gasteiger partial charge is 1.00 e. The van der Waals surface area contributed by atoms with Gasteiger partial charge in [-0.15, -0.1) is 17.0 Å². The maximum Gasteiger partial charge on any atom is 0.170 e. The number of halogens is 2. The van der Waals surface area contributed by atoms with Crippen LogP contribution in [0.5, 0.6) is 0 Å². The van der Waals surface area contributed by atoms with E-state index in [2.05, 4.69) is 91.0 Å². The van der Waals surface area contributed by atoms with Crippen LogP contribution >= 0.6 is 34.1 Å². The number of rotatable bonds is 5. The van der Waals surface area contributed by atoms with Crippen molar-refractivity contribution in [2.75, 3.05) is 13.5 Å². The number of hydrogen-bond acceptors (Lipinski definition) is 1. The normalized spacial score (nSPS) is 9.96. The van der Waals surface area contributed by atoms with Gasteiger partial charge in [0.25, 0.3) is 0 Å². The van der Waals surface area contributed by atoms with Crippen molar-refractivity contribution >= 4 is 50.1 Å². The standard InChI is InChI=1S/C20H20OP.2BrH.H3P/c1-21-17-22(18-11-5-2-6-12-18,19-13-7-3-8-14-19)20-15-9-4-10-16-20;;;/h2-16H,17H2,1H3;2*1H;1H3/q+1;;;/p-1. The minimum absolute atomic E-state index is 0. The van der Waals surface area contributed by atoms with E-state index in [-0.39, 0.29) is 43.9 Å². The van der Waals surface area contributed by atoms with Crippen molar-refractivity contribution < 1.29 is 21.7 Å². The van der Waals surface area contributed by atoms with Crippen molar-refractivity contribution in [1.29, 1.82) is 0 Å². The van der Waals surface area contributed by atoms with Crippen LogP contribution in [0.4, 0.5) is 0 Å². The van der Waals surface area contributed by atoms with Crippen molar-refractivity contribution in [1.82, 2.24) is 0 Å². The third-order valence-corrected chi connectivity index (χ3v) is 8.10. The average molecular weight is 502 g/mol. The fourth-order valence-corrected chi connectivity index (χ4v) is 6.68. The van der Waals surface area contributed by atoms with E-state index in [4.69, 9.17) is 4.74 Å². The Morgan fingerprint density at radius 2 is 0.920 bits per heavy atom. The Bertz CT molecular complexity index is 613. The molecule has 0 spiro atoms. The van der Waals surface area contributed by atoms with Gasteiger partial charge >= 0.3 is 0 Å². The summed E-state index contributed by atoms with van der Waals surface area (Å²) in [7, 11) is 0.0197. The zero-order valence-corrected chi connectivity index (χ0v) is 19.8. The molecule has 0 aliphatic rings. The third kappa shape index (κ3) is 5.22. The van der Waals surface area contributed by atoms with Crippen LogP contribution < -0.4 is 32.9 Å². The third-order valence-electron chi connectivity index (χ3n) is 3.91. The lowest BCUT2D eigenvalue weighted by Gasteiger charge is -2.26. The molecule has 1 nitrogen and oxygen atoms in total. The summed E-state index contributed by atoms with van der Waals surface area (Å²) in [5.41, 5.74) is 0. The minimum Gasteiger partial charge on any atom is -1.00 e. The molecule has 0 fully saturated rings. The van der Waals surface area contributed by atoms with Crippen molar-refractivity contribution in [3.8, 4) is 0 Å². The summed E-state index contributed by atoms with van der Waals surface area (Å²) in [6.07, 6.45) is 0.713. The molecule has 5 heteroatoms. The zero-order valence-electron chi connectivity index (χ0n) is 14.2. The summed E-state index contributed by atoms with van der Waals surface area (Å²) < 4.78 is 5.72. The SMILES string of the molecule is Br.COC[P+](c1ccccc1)(c1ccccc1)c1ccccc1.P.[Br-]. The summed E-state index contributed by atoms with van der Waals surface area (Å²) >= 11 is 0.